The topological polar surface area (TPSA) is 192 Å². The lowest BCUT2D eigenvalue weighted by atomic mass is 10.0. The van der Waals surface area contributed by atoms with Crippen LogP contribution in [0.25, 0.3) is 0 Å². The number of H-pyrrole nitrogens is 1. The predicted molar refractivity (Wildman–Crippen MR) is 137 cm³/mol. The molecule has 3 aromatic rings. The number of ether oxygens (including phenoxy) is 3. The van der Waals surface area contributed by atoms with Crippen molar-refractivity contribution >= 4 is 23.3 Å². The molecule has 0 saturated heterocycles. The Labute approximate surface area is 224 Å². The number of hydrogen-bond donors (Lipinski definition) is 2. The standard InChI is InChI=1S/C26H22N4O10/c31-21-13-14-29(26(34)27-21)22-10-9-20(39-22)15-38-23(32)11-12-24(33)40-19-7-3-17(4-8-19)25(28-35)16-1-5-18(6-2-16)30(36)37/h1-10,13-14,20,22,35H,11-12,15H2,(H,27,31,34)/b28-25+. The number of non-ortho nitro benzene ring substituents is 1. The molecule has 14 heteroatoms. The Balaban J connectivity index is 1.21. The number of oxime groups is 1. The van der Waals surface area contributed by atoms with Crippen LogP contribution in [0.3, 0.4) is 0 Å². The maximum absolute atomic E-state index is 12.2. The summed E-state index contributed by atoms with van der Waals surface area (Å²) < 4.78 is 17.1. The second-order valence-corrected chi connectivity index (χ2v) is 8.40. The zero-order valence-electron chi connectivity index (χ0n) is 20.7. The van der Waals surface area contributed by atoms with E-state index < -0.39 is 40.4 Å². The van der Waals surface area contributed by atoms with Crippen LogP contribution in [0.4, 0.5) is 5.69 Å². The number of nitro groups is 1. The van der Waals surface area contributed by atoms with Crippen LogP contribution < -0.4 is 16.0 Å². The maximum atomic E-state index is 12.2. The van der Waals surface area contributed by atoms with Gasteiger partial charge in [0.15, 0.2) is 6.23 Å². The normalized spacial score (nSPS) is 16.4. The molecule has 0 spiro atoms. The molecule has 2 unspecified atom stereocenters. The molecule has 2 heterocycles. The molecule has 1 aromatic heterocycles. The summed E-state index contributed by atoms with van der Waals surface area (Å²) in [5, 5.41) is 23.5. The molecule has 1 aliphatic heterocycles. The summed E-state index contributed by atoms with van der Waals surface area (Å²) in [7, 11) is 0. The highest BCUT2D eigenvalue weighted by Gasteiger charge is 2.23. The summed E-state index contributed by atoms with van der Waals surface area (Å²) in [4.78, 5) is 59.7. The van der Waals surface area contributed by atoms with Crippen LogP contribution in [0.2, 0.25) is 0 Å². The van der Waals surface area contributed by atoms with Crippen LogP contribution in [-0.2, 0) is 19.1 Å². The van der Waals surface area contributed by atoms with E-state index in [1.165, 1.54) is 65.4 Å². The summed E-state index contributed by atoms with van der Waals surface area (Å²) >= 11 is 0. The minimum Gasteiger partial charge on any atom is -0.463 e. The first kappa shape index (κ1) is 27.7. The first-order valence-electron chi connectivity index (χ1n) is 11.8. The van der Waals surface area contributed by atoms with Crippen molar-refractivity contribution in [3.63, 3.8) is 0 Å². The molecular formula is C26H22N4O10. The van der Waals surface area contributed by atoms with E-state index >= 15 is 0 Å². The van der Waals surface area contributed by atoms with Gasteiger partial charge in [-0.05, 0) is 42.5 Å². The third kappa shape index (κ3) is 6.93. The molecule has 1 aliphatic rings. The number of rotatable bonds is 10. The van der Waals surface area contributed by atoms with Crippen LogP contribution in [0.15, 0.2) is 87.7 Å². The van der Waals surface area contributed by atoms with Gasteiger partial charge >= 0.3 is 17.6 Å². The van der Waals surface area contributed by atoms with Crippen molar-refractivity contribution in [1.29, 1.82) is 0 Å². The Morgan fingerprint density at radius 3 is 2.27 bits per heavy atom. The summed E-state index contributed by atoms with van der Waals surface area (Å²) in [5.74, 6) is -1.14. The first-order valence-corrected chi connectivity index (χ1v) is 11.8. The van der Waals surface area contributed by atoms with E-state index in [-0.39, 0.29) is 36.6 Å². The minimum absolute atomic E-state index is 0.106. The number of carbonyl (C=O) groups excluding carboxylic acids is 2. The molecule has 40 heavy (non-hydrogen) atoms. The highest BCUT2D eigenvalue weighted by atomic mass is 16.6. The highest BCUT2D eigenvalue weighted by molar-refractivity contribution is 6.12. The predicted octanol–water partition coefficient (Wildman–Crippen LogP) is 2.05. The number of nitrogens with zero attached hydrogens (tertiary/aromatic N) is 3. The van der Waals surface area contributed by atoms with Crippen molar-refractivity contribution in [3.8, 4) is 5.75 Å². The van der Waals surface area contributed by atoms with Gasteiger partial charge < -0.3 is 19.4 Å². The van der Waals surface area contributed by atoms with E-state index in [0.29, 0.717) is 11.1 Å². The number of aromatic amines is 1. The molecule has 2 atom stereocenters. The number of hydrogen-bond acceptors (Lipinski definition) is 11. The fourth-order valence-corrected chi connectivity index (χ4v) is 3.71. The molecule has 206 valence electrons. The molecule has 14 nitrogen and oxygen atoms in total. The Hall–Kier alpha value is -5.37. The zero-order valence-corrected chi connectivity index (χ0v) is 20.7. The quantitative estimate of drug-likeness (QED) is 0.0718. The first-order chi connectivity index (χ1) is 19.2. The van der Waals surface area contributed by atoms with Crippen molar-refractivity contribution in [2.24, 2.45) is 5.16 Å². The second kappa shape index (κ2) is 12.4. The van der Waals surface area contributed by atoms with Crippen molar-refractivity contribution in [1.82, 2.24) is 9.55 Å². The molecule has 0 saturated carbocycles. The van der Waals surface area contributed by atoms with Gasteiger partial charge in [0.25, 0.3) is 11.2 Å². The Bertz CT molecular complexity index is 1570. The average molecular weight is 550 g/mol. The van der Waals surface area contributed by atoms with E-state index in [0.717, 1.165) is 0 Å². The summed E-state index contributed by atoms with van der Waals surface area (Å²) in [6.45, 7) is -0.135. The van der Waals surface area contributed by atoms with Gasteiger partial charge in [0.1, 0.15) is 24.2 Å². The Morgan fingerprint density at radius 1 is 1.00 bits per heavy atom. The van der Waals surface area contributed by atoms with Crippen molar-refractivity contribution in [2.45, 2.75) is 25.2 Å². The second-order valence-electron chi connectivity index (χ2n) is 8.40. The SMILES string of the molecule is O=C(CCC(=O)Oc1ccc(/C(=N/O)c2ccc([N+](=O)[O-])cc2)cc1)OCC1C=CC(n2ccc(=O)[nH]c2=O)O1. The smallest absolute Gasteiger partial charge is 0.330 e. The van der Waals surface area contributed by atoms with Crippen LogP contribution in [0.5, 0.6) is 5.75 Å². The minimum atomic E-state index is -0.761. The van der Waals surface area contributed by atoms with Gasteiger partial charge in [-0.2, -0.15) is 0 Å². The van der Waals surface area contributed by atoms with Crippen LogP contribution in [0.1, 0.15) is 30.2 Å². The zero-order chi connectivity index (χ0) is 28.6. The molecule has 0 bridgehead atoms. The molecule has 0 fully saturated rings. The molecular weight excluding hydrogens is 528 g/mol. The van der Waals surface area contributed by atoms with Crippen molar-refractivity contribution in [2.75, 3.05) is 6.61 Å². The van der Waals surface area contributed by atoms with Gasteiger partial charge in [-0.1, -0.05) is 11.2 Å². The van der Waals surface area contributed by atoms with E-state index in [1.54, 1.807) is 12.2 Å². The van der Waals surface area contributed by atoms with Crippen molar-refractivity contribution in [3.05, 3.63) is 115 Å². The fourth-order valence-electron chi connectivity index (χ4n) is 3.71. The van der Waals surface area contributed by atoms with E-state index in [9.17, 15) is 34.5 Å². The van der Waals surface area contributed by atoms with Gasteiger partial charge in [-0.15, -0.1) is 0 Å². The molecule has 4 rings (SSSR count). The molecule has 0 radical (unpaired) electrons. The lowest BCUT2D eigenvalue weighted by Gasteiger charge is -2.15. The van der Waals surface area contributed by atoms with E-state index in [1.807, 2.05) is 0 Å². The third-order valence-electron chi connectivity index (χ3n) is 5.68. The van der Waals surface area contributed by atoms with Gasteiger partial charge in [0.2, 0.25) is 0 Å². The Kier molecular flexibility index (Phi) is 8.61. The molecule has 0 amide bonds. The number of carbonyl (C=O) groups is 2. The third-order valence-corrected chi connectivity index (χ3v) is 5.68. The highest BCUT2D eigenvalue weighted by Crippen LogP contribution is 2.21. The fraction of sp³-hybridized carbons (Fsp3) is 0.192. The number of nitrogens with one attached hydrogen (secondary N) is 1. The molecule has 2 N–H and O–H groups in total. The van der Waals surface area contributed by atoms with Crippen molar-refractivity contribution < 1.29 is 33.9 Å². The van der Waals surface area contributed by atoms with Gasteiger partial charge in [0.05, 0.1) is 17.8 Å². The summed E-state index contributed by atoms with van der Waals surface area (Å²) in [6, 6.07) is 12.7. The monoisotopic (exact) mass is 550 g/mol. The number of aromatic nitrogens is 2. The van der Waals surface area contributed by atoms with Crippen LogP contribution in [-0.4, -0.2) is 50.0 Å². The molecule has 2 aromatic carbocycles. The van der Waals surface area contributed by atoms with E-state index in [2.05, 4.69) is 10.1 Å². The lowest BCUT2D eigenvalue weighted by Crippen LogP contribution is -2.32. The van der Waals surface area contributed by atoms with Crippen LogP contribution >= 0.6 is 0 Å². The largest absolute Gasteiger partial charge is 0.463 e. The van der Waals surface area contributed by atoms with Gasteiger partial charge in [-0.3, -0.25) is 34.0 Å². The molecule has 0 aliphatic carbocycles. The van der Waals surface area contributed by atoms with E-state index in [4.69, 9.17) is 14.2 Å². The van der Waals surface area contributed by atoms with Gasteiger partial charge in [-0.25, -0.2) is 4.79 Å². The maximum Gasteiger partial charge on any atom is 0.330 e. The number of benzene rings is 2. The van der Waals surface area contributed by atoms with Gasteiger partial charge in [0, 0.05) is 35.5 Å². The lowest BCUT2D eigenvalue weighted by molar-refractivity contribution is -0.384. The number of nitro benzene ring substituents is 1. The Morgan fingerprint density at radius 2 is 1.65 bits per heavy atom. The summed E-state index contributed by atoms with van der Waals surface area (Å²) in [6.07, 6.45) is 2.63. The summed E-state index contributed by atoms with van der Waals surface area (Å²) in [5.41, 5.74) is -0.209. The number of esters is 2. The average Bonchev–Trinajstić information content (AvgIpc) is 3.41. The van der Waals surface area contributed by atoms with Crippen LogP contribution in [0, 0.1) is 10.1 Å².